The first kappa shape index (κ1) is 29.4. The van der Waals surface area contributed by atoms with Gasteiger partial charge in [0.1, 0.15) is 5.82 Å². The monoisotopic (exact) mass is 521 g/mol. The predicted molar refractivity (Wildman–Crippen MR) is 168 cm³/mol. The maximum Gasteiger partial charge on any atom is 0.123 e. The van der Waals surface area contributed by atoms with Crippen LogP contribution >= 0.6 is 0 Å². The molecule has 1 heterocycles. The summed E-state index contributed by atoms with van der Waals surface area (Å²) < 4.78 is 14.1. The molecule has 0 spiro atoms. The minimum Gasteiger partial charge on any atom is -0.398 e. The zero-order valence-corrected chi connectivity index (χ0v) is 23.9. The van der Waals surface area contributed by atoms with Crippen LogP contribution in [0.25, 0.3) is 27.6 Å². The first-order valence-corrected chi connectivity index (χ1v) is 13.2. The van der Waals surface area contributed by atoms with Crippen molar-refractivity contribution in [2.45, 2.75) is 27.2 Å². The van der Waals surface area contributed by atoms with Crippen molar-refractivity contribution in [1.82, 2.24) is 9.88 Å². The van der Waals surface area contributed by atoms with Crippen LogP contribution in [-0.4, -0.2) is 30.5 Å². The number of benzene rings is 2. The number of nitrogens with one attached hydrogen (secondary N) is 1. The average molecular weight is 522 g/mol. The molecule has 0 atom stereocenters. The molecule has 1 aromatic heterocycles. The van der Waals surface area contributed by atoms with Gasteiger partial charge in [-0.25, -0.2) is 4.39 Å². The Balaban J connectivity index is 2.15. The van der Waals surface area contributed by atoms with E-state index >= 15 is 0 Å². The molecule has 202 valence electrons. The summed E-state index contributed by atoms with van der Waals surface area (Å²) in [6.07, 6.45) is 10.6. The zero-order chi connectivity index (χ0) is 28.7. The first-order valence-electron chi connectivity index (χ1n) is 13.2. The molecule has 3 nitrogen and oxygen atoms in total. The van der Waals surface area contributed by atoms with Crippen LogP contribution in [-0.2, 0) is 6.42 Å². The summed E-state index contributed by atoms with van der Waals surface area (Å²) in [6, 6.07) is 12.8. The standard InChI is InChI=1S/C35H40FN3/c1-9-25(22-39(7)8)20-26(10-2)23(5)19-31(32(37)12-4)24(6)35-29(11-3)34-30(17-14-18-33(34)38-35)27-15-13-16-28(36)21-27/h9-10,12-21,38H,1,5-6,11,22,37H2,2-4,7-8H3/b25-20+,26-10+,31-19-,32-12+. The Morgan fingerprint density at radius 3 is 2.36 bits per heavy atom. The third kappa shape index (κ3) is 6.65. The van der Waals surface area contributed by atoms with E-state index in [1.807, 2.05) is 76.5 Å². The fourth-order valence-electron chi connectivity index (χ4n) is 4.81. The molecule has 0 saturated carbocycles. The second kappa shape index (κ2) is 13.1. The minimum absolute atomic E-state index is 0.258. The van der Waals surface area contributed by atoms with Gasteiger partial charge in [0, 0.05) is 40.0 Å². The summed E-state index contributed by atoms with van der Waals surface area (Å²) in [4.78, 5) is 5.69. The molecule has 0 aliphatic rings. The van der Waals surface area contributed by atoms with Gasteiger partial charge in [0.05, 0.1) is 0 Å². The number of aryl methyl sites for hydroxylation is 1. The van der Waals surface area contributed by atoms with Gasteiger partial charge in [0.25, 0.3) is 0 Å². The summed E-state index contributed by atoms with van der Waals surface area (Å²) >= 11 is 0. The molecule has 4 heteroatoms. The number of nitrogens with zero attached hydrogens (tertiary/aromatic N) is 1. The van der Waals surface area contributed by atoms with Crippen LogP contribution < -0.4 is 5.73 Å². The van der Waals surface area contributed by atoms with Crippen LogP contribution in [0.15, 0.2) is 121 Å². The molecule has 3 N–H and O–H groups in total. The number of rotatable bonds is 11. The van der Waals surface area contributed by atoms with Crippen molar-refractivity contribution in [3.05, 3.63) is 138 Å². The van der Waals surface area contributed by atoms with Crippen LogP contribution in [0.5, 0.6) is 0 Å². The Labute approximate surface area is 232 Å². The second-order valence-electron chi connectivity index (χ2n) is 9.78. The molecule has 0 unspecified atom stereocenters. The van der Waals surface area contributed by atoms with E-state index in [4.69, 9.17) is 5.73 Å². The van der Waals surface area contributed by atoms with Crippen LogP contribution in [0.1, 0.15) is 32.0 Å². The molecular formula is C35H40FN3. The van der Waals surface area contributed by atoms with Crippen LogP contribution in [0.2, 0.25) is 0 Å². The summed E-state index contributed by atoms with van der Waals surface area (Å²) in [5.41, 5.74) is 16.5. The molecule has 2 aromatic carbocycles. The van der Waals surface area contributed by atoms with E-state index in [-0.39, 0.29) is 5.82 Å². The molecular weight excluding hydrogens is 481 g/mol. The highest BCUT2D eigenvalue weighted by molar-refractivity contribution is 6.02. The normalized spacial score (nSPS) is 13.3. The Bertz CT molecular complexity index is 1520. The number of fused-ring (bicyclic) bond motifs is 1. The fraction of sp³-hybridized carbons (Fsp3) is 0.200. The number of halogens is 1. The second-order valence-corrected chi connectivity index (χ2v) is 9.78. The van der Waals surface area contributed by atoms with Crippen molar-refractivity contribution in [1.29, 1.82) is 0 Å². The van der Waals surface area contributed by atoms with Crippen LogP contribution in [0.4, 0.5) is 4.39 Å². The van der Waals surface area contributed by atoms with Gasteiger partial charge in [-0.3, -0.25) is 0 Å². The number of aromatic amines is 1. The number of likely N-dealkylation sites (N-methyl/N-ethyl adjacent to an activating group) is 1. The molecule has 0 aliphatic carbocycles. The van der Waals surface area contributed by atoms with Crippen molar-refractivity contribution in [3.63, 3.8) is 0 Å². The van der Waals surface area contributed by atoms with E-state index in [0.717, 1.165) is 74.1 Å². The van der Waals surface area contributed by atoms with Gasteiger partial charge in [-0.05, 0) is 92.0 Å². The maximum absolute atomic E-state index is 14.1. The van der Waals surface area contributed by atoms with Crippen molar-refractivity contribution >= 4 is 16.5 Å². The summed E-state index contributed by atoms with van der Waals surface area (Å²) in [5.74, 6) is -0.258. The molecule has 0 saturated heterocycles. The third-order valence-corrected chi connectivity index (χ3v) is 6.77. The molecule has 0 fully saturated rings. The van der Waals surface area contributed by atoms with E-state index < -0.39 is 0 Å². The molecule has 0 amide bonds. The Morgan fingerprint density at radius 1 is 1.05 bits per heavy atom. The topological polar surface area (TPSA) is 45.1 Å². The quantitative estimate of drug-likeness (QED) is 0.248. The van der Waals surface area contributed by atoms with E-state index in [9.17, 15) is 4.39 Å². The largest absolute Gasteiger partial charge is 0.398 e. The van der Waals surface area contributed by atoms with Crippen molar-refractivity contribution in [3.8, 4) is 11.1 Å². The molecule has 39 heavy (non-hydrogen) atoms. The van der Waals surface area contributed by atoms with Gasteiger partial charge in [-0.2, -0.15) is 0 Å². The SMILES string of the molecule is C=C/C(=C\C(=C/C)C(=C)/C=C(C(=C)c1[nH]c2cccc(-c3cccc(F)c3)c2c1CC)\C(N)=C/C)CN(C)C. The minimum atomic E-state index is -0.258. The Hall–Kier alpha value is -4.15. The Morgan fingerprint density at radius 2 is 1.77 bits per heavy atom. The van der Waals surface area contributed by atoms with E-state index in [1.54, 1.807) is 12.1 Å². The summed E-state index contributed by atoms with van der Waals surface area (Å²) in [6.45, 7) is 19.6. The number of H-pyrrole nitrogens is 1. The number of aromatic nitrogens is 1. The maximum atomic E-state index is 14.1. The number of hydrogen-bond donors (Lipinski definition) is 2. The van der Waals surface area contributed by atoms with Crippen LogP contribution in [0, 0.1) is 5.82 Å². The van der Waals surface area contributed by atoms with Gasteiger partial charge < -0.3 is 15.6 Å². The molecule has 0 bridgehead atoms. The molecule has 0 radical (unpaired) electrons. The lowest BCUT2D eigenvalue weighted by atomic mass is 9.91. The third-order valence-electron chi connectivity index (χ3n) is 6.77. The first-order chi connectivity index (χ1) is 18.6. The average Bonchev–Trinajstić information content (AvgIpc) is 3.31. The van der Waals surface area contributed by atoms with Crippen LogP contribution in [0.3, 0.4) is 0 Å². The number of allylic oxidation sites excluding steroid dienone is 7. The number of hydrogen-bond acceptors (Lipinski definition) is 2. The van der Waals surface area contributed by atoms with Gasteiger partial charge in [-0.1, -0.05) is 75.2 Å². The molecule has 0 aliphatic heterocycles. The molecule has 3 aromatic rings. The van der Waals surface area contributed by atoms with Gasteiger partial charge in [0.2, 0.25) is 0 Å². The lowest BCUT2D eigenvalue weighted by molar-refractivity contribution is 0.449. The highest BCUT2D eigenvalue weighted by atomic mass is 19.1. The predicted octanol–water partition coefficient (Wildman–Crippen LogP) is 8.52. The lowest BCUT2D eigenvalue weighted by Gasteiger charge is -2.15. The van der Waals surface area contributed by atoms with Gasteiger partial charge in [0.15, 0.2) is 0 Å². The summed E-state index contributed by atoms with van der Waals surface area (Å²) in [5, 5.41) is 1.07. The van der Waals surface area contributed by atoms with E-state index in [0.29, 0.717) is 5.70 Å². The van der Waals surface area contributed by atoms with E-state index in [1.165, 1.54) is 6.07 Å². The van der Waals surface area contributed by atoms with Crippen molar-refractivity contribution < 1.29 is 4.39 Å². The van der Waals surface area contributed by atoms with Crippen molar-refractivity contribution in [2.24, 2.45) is 5.73 Å². The fourth-order valence-corrected chi connectivity index (χ4v) is 4.81. The zero-order valence-electron chi connectivity index (χ0n) is 23.9. The van der Waals surface area contributed by atoms with Gasteiger partial charge in [-0.15, -0.1) is 0 Å². The lowest BCUT2D eigenvalue weighted by Crippen LogP contribution is -2.14. The Kier molecular flexibility index (Phi) is 9.86. The van der Waals surface area contributed by atoms with Crippen molar-refractivity contribution in [2.75, 3.05) is 20.6 Å². The smallest absolute Gasteiger partial charge is 0.123 e. The van der Waals surface area contributed by atoms with Gasteiger partial charge >= 0.3 is 0 Å². The highest BCUT2D eigenvalue weighted by Crippen LogP contribution is 2.38. The molecule has 3 rings (SSSR count). The summed E-state index contributed by atoms with van der Waals surface area (Å²) in [7, 11) is 4.06. The highest BCUT2D eigenvalue weighted by Gasteiger charge is 2.19. The number of nitrogens with two attached hydrogens (primary N) is 1. The van der Waals surface area contributed by atoms with E-state index in [2.05, 4.69) is 42.6 Å².